The number of hydrogen-bond donors (Lipinski definition) is 1. The van der Waals surface area contributed by atoms with Crippen LogP contribution in [0, 0.1) is 0 Å². The van der Waals surface area contributed by atoms with Crippen LogP contribution in [0.2, 0.25) is 0 Å². The van der Waals surface area contributed by atoms with E-state index in [9.17, 15) is 8.42 Å². The number of aromatic nitrogens is 2. The normalized spacial score (nSPS) is 23.4. The molecule has 0 amide bonds. The van der Waals surface area contributed by atoms with Crippen molar-refractivity contribution in [2.75, 3.05) is 24.3 Å². The summed E-state index contributed by atoms with van der Waals surface area (Å²) in [5.74, 6) is 0.886. The molecule has 22 heavy (non-hydrogen) atoms. The summed E-state index contributed by atoms with van der Waals surface area (Å²) < 4.78 is 29.7. The first-order valence-electron chi connectivity index (χ1n) is 7.49. The summed E-state index contributed by atoms with van der Waals surface area (Å²) in [4.78, 5) is 9.07. The van der Waals surface area contributed by atoms with E-state index in [1.807, 2.05) is 0 Å². The SMILES string of the molecule is O=S1(=O)CCc2c1ccc1ncnc(NC3CCCOC3)c21. The number of anilines is 1. The number of rotatable bonds is 2. The molecule has 2 aromatic rings. The van der Waals surface area contributed by atoms with Gasteiger partial charge in [-0.1, -0.05) is 0 Å². The van der Waals surface area contributed by atoms with Gasteiger partial charge >= 0.3 is 0 Å². The minimum absolute atomic E-state index is 0.169. The first-order chi connectivity index (χ1) is 10.6. The van der Waals surface area contributed by atoms with E-state index in [-0.39, 0.29) is 11.8 Å². The summed E-state index contributed by atoms with van der Waals surface area (Å²) in [7, 11) is -3.15. The Labute approximate surface area is 128 Å². The molecular formula is C15H17N3O3S. The zero-order chi connectivity index (χ0) is 15.2. The highest BCUT2D eigenvalue weighted by atomic mass is 32.2. The van der Waals surface area contributed by atoms with E-state index >= 15 is 0 Å². The van der Waals surface area contributed by atoms with Crippen LogP contribution in [-0.2, 0) is 21.0 Å². The van der Waals surface area contributed by atoms with Gasteiger partial charge in [0.2, 0.25) is 0 Å². The van der Waals surface area contributed by atoms with Crippen molar-refractivity contribution in [1.29, 1.82) is 0 Å². The largest absolute Gasteiger partial charge is 0.379 e. The van der Waals surface area contributed by atoms with Crippen LogP contribution in [0.1, 0.15) is 18.4 Å². The second kappa shape index (κ2) is 5.17. The Morgan fingerprint density at radius 3 is 3.00 bits per heavy atom. The lowest BCUT2D eigenvalue weighted by Crippen LogP contribution is -2.30. The third-order valence-electron chi connectivity index (χ3n) is 4.33. The van der Waals surface area contributed by atoms with E-state index in [0.717, 1.165) is 41.7 Å². The number of aryl methyl sites for hydroxylation is 1. The van der Waals surface area contributed by atoms with Crippen molar-refractivity contribution >= 4 is 26.6 Å². The van der Waals surface area contributed by atoms with Crippen molar-refractivity contribution in [3.63, 3.8) is 0 Å². The van der Waals surface area contributed by atoms with Crippen molar-refractivity contribution < 1.29 is 13.2 Å². The molecule has 116 valence electrons. The molecule has 4 rings (SSSR count). The number of ether oxygens (including phenoxy) is 1. The van der Waals surface area contributed by atoms with E-state index in [4.69, 9.17) is 4.74 Å². The minimum Gasteiger partial charge on any atom is -0.379 e. The van der Waals surface area contributed by atoms with Crippen molar-refractivity contribution in [1.82, 2.24) is 9.97 Å². The van der Waals surface area contributed by atoms with Crippen molar-refractivity contribution in [3.05, 3.63) is 24.0 Å². The van der Waals surface area contributed by atoms with Crippen molar-refractivity contribution in [2.24, 2.45) is 0 Å². The molecule has 1 atom stereocenters. The third kappa shape index (κ3) is 2.24. The monoisotopic (exact) mass is 319 g/mol. The number of nitrogens with one attached hydrogen (secondary N) is 1. The summed E-state index contributed by atoms with van der Waals surface area (Å²) in [6, 6.07) is 3.64. The average Bonchev–Trinajstić information content (AvgIpc) is 2.84. The molecule has 2 aliphatic rings. The summed E-state index contributed by atoms with van der Waals surface area (Å²) in [6.45, 7) is 1.45. The lowest BCUT2D eigenvalue weighted by molar-refractivity contribution is 0.0875. The Morgan fingerprint density at radius 2 is 2.18 bits per heavy atom. The van der Waals surface area contributed by atoms with Gasteiger partial charge in [-0.3, -0.25) is 0 Å². The van der Waals surface area contributed by atoms with Crippen LogP contribution in [0.4, 0.5) is 5.82 Å². The predicted octanol–water partition coefficient (Wildman–Crippen LogP) is 1.55. The zero-order valence-corrected chi connectivity index (χ0v) is 12.9. The topological polar surface area (TPSA) is 81.2 Å². The Morgan fingerprint density at radius 1 is 1.27 bits per heavy atom. The van der Waals surface area contributed by atoms with Crippen molar-refractivity contribution in [2.45, 2.75) is 30.2 Å². The second-order valence-electron chi connectivity index (χ2n) is 5.79. The second-order valence-corrected chi connectivity index (χ2v) is 7.86. The molecule has 0 aliphatic carbocycles. The average molecular weight is 319 g/mol. The van der Waals surface area contributed by atoms with Crippen LogP contribution in [0.25, 0.3) is 10.9 Å². The Balaban J connectivity index is 1.83. The molecule has 0 saturated carbocycles. The van der Waals surface area contributed by atoms with Crippen LogP contribution < -0.4 is 5.32 Å². The third-order valence-corrected chi connectivity index (χ3v) is 6.12. The molecule has 6 nitrogen and oxygen atoms in total. The van der Waals surface area contributed by atoms with Crippen LogP contribution in [0.15, 0.2) is 23.4 Å². The van der Waals surface area contributed by atoms with Gasteiger partial charge in [0, 0.05) is 12.0 Å². The predicted molar refractivity (Wildman–Crippen MR) is 82.8 cm³/mol. The number of fused-ring (bicyclic) bond motifs is 3. The zero-order valence-electron chi connectivity index (χ0n) is 12.1. The summed E-state index contributed by atoms with van der Waals surface area (Å²) in [5.41, 5.74) is 1.63. The van der Waals surface area contributed by atoms with E-state index < -0.39 is 9.84 Å². The molecular weight excluding hydrogens is 302 g/mol. The van der Waals surface area contributed by atoms with Gasteiger partial charge in [-0.25, -0.2) is 18.4 Å². The van der Waals surface area contributed by atoms with Crippen LogP contribution in [0.3, 0.4) is 0 Å². The molecule has 1 aromatic heterocycles. The van der Waals surface area contributed by atoms with E-state index in [1.54, 1.807) is 12.1 Å². The Bertz CT molecular complexity index is 829. The standard InChI is InChI=1S/C15H17N3O3S/c19-22(20)7-5-11-13(22)4-3-12-14(11)15(17-9-16-12)18-10-2-1-6-21-8-10/h3-4,9-10H,1-2,5-8H2,(H,16,17,18). The molecule has 1 N–H and O–H groups in total. The molecule has 0 spiro atoms. The van der Waals surface area contributed by atoms with Gasteiger partial charge in [0.05, 0.1) is 28.8 Å². The van der Waals surface area contributed by atoms with E-state index in [1.165, 1.54) is 6.33 Å². The van der Waals surface area contributed by atoms with E-state index in [2.05, 4.69) is 15.3 Å². The van der Waals surface area contributed by atoms with Gasteiger partial charge in [0.1, 0.15) is 12.1 Å². The van der Waals surface area contributed by atoms with Gasteiger partial charge in [-0.2, -0.15) is 0 Å². The van der Waals surface area contributed by atoms with Gasteiger partial charge in [0.15, 0.2) is 9.84 Å². The number of sulfone groups is 1. The van der Waals surface area contributed by atoms with E-state index in [0.29, 0.717) is 17.9 Å². The maximum Gasteiger partial charge on any atom is 0.179 e. The molecule has 1 aromatic carbocycles. The summed E-state index contributed by atoms with van der Waals surface area (Å²) >= 11 is 0. The first-order valence-corrected chi connectivity index (χ1v) is 9.14. The Kier molecular flexibility index (Phi) is 3.27. The van der Waals surface area contributed by atoms with Crippen LogP contribution in [-0.4, -0.2) is 43.4 Å². The maximum atomic E-state index is 12.1. The first kappa shape index (κ1) is 13.9. The Hall–Kier alpha value is -1.73. The smallest absolute Gasteiger partial charge is 0.179 e. The summed E-state index contributed by atoms with van der Waals surface area (Å²) in [5, 5.41) is 4.25. The number of hydrogen-bond acceptors (Lipinski definition) is 6. The molecule has 3 heterocycles. The fourth-order valence-electron chi connectivity index (χ4n) is 3.24. The molecule has 1 fully saturated rings. The highest BCUT2D eigenvalue weighted by Crippen LogP contribution is 2.35. The van der Waals surface area contributed by atoms with Gasteiger partial charge in [-0.15, -0.1) is 0 Å². The fourth-order valence-corrected chi connectivity index (χ4v) is 4.79. The number of benzene rings is 1. The molecule has 1 saturated heterocycles. The van der Waals surface area contributed by atoms with Gasteiger partial charge in [-0.05, 0) is 37.0 Å². The number of nitrogens with zero attached hydrogens (tertiary/aromatic N) is 2. The summed E-state index contributed by atoms with van der Waals surface area (Å²) in [6.07, 6.45) is 4.09. The molecule has 7 heteroatoms. The molecule has 0 bridgehead atoms. The van der Waals surface area contributed by atoms with Gasteiger partial charge < -0.3 is 10.1 Å². The lowest BCUT2D eigenvalue weighted by Gasteiger charge is -2.24. The highest BCUT2D eigenvalue weighted by Gasteiger charge is 2.29. The van der Waals surface area contributed by atoms with Crippen LogP contribution >= 0.6 is 0 Å². The lowest BCUT2D eigenvalue weighted by atomic mass is 10.1. The maximum absolute atomic E-state index is 12.1. The fraction of sp³-hybridized carbons (Fsp3) is 0.467. The molecule has 1 unspecified atom stereocenters. The van der Waals surface area contributed by atoms with Crippen molar-refractivity contribution in [3.8, 4) is 0 Å². The minimum atomic E-state index is -3.15. The molecule has 2 aliphatic heterocycles. The quantitative estimate of drug-likeness (QED) is 0.904. The molecule has 0 radical (unpaired) electrons. The highest BCUT2D eigenvalue weighted by molar-refractivity contribution is 7.91. The van der Waals surface area contributed by atoms with Crippen LogP contribution in [0.5, 0.6) is 0 Å². The van der Waals surface area contributed by atoms with Gasteiger partial charge in [0.25, 0.3) is 0 Å².